The molecular formula is C18H32N2O. The van der Waals surface area contributed by atoms with Crippen LogP contribution in [-0.2, 0) is 11.2 Å². The first kappa shape index (κ1) is 18.1. The second-order valence-corrected chi connectivity index (χ2v) is 6.14. The Morgan fingerprint density at radius 1 is 1.19 bits per heavy atom. The van der Waals surface area contributed by atoms with E-state index in [1.807, 2.05) is 14.0 Å². The second kappa shape index (κ2) is 9.93. The average Bonchev–Trinajstić information content (AvgIpc) is 2.45. The molecule has 1 rings (SSSR count). The third-order valence-corrected chi connectivity index (χ3v) is 3.69. The summed E-state index contributed by atoms with van der Waals surface area (Å²) in [4.78, 5) is 2.32. The SMILES string of the molecule is CCOCCN(C)CC(NC)c1ccc(CC(C)C)cc1. The zero-order valence-corrected chi connectivity index (χ0v) is 14.4. The van der Waals surface area contributed by atoms with Crippen molar-refractivity contribution in [2.45, 2.75) is 33.2 Å². The molecule has 0 spiro atoms. The van der Waals surface area contributed by atoms with Crippen molar-refractivity contribution in [3.63, 3.8) is 0 Å². The van der Waals surface area contributed by atoms with E-state index >= 15 is 0 Å². The van der Waals surface area contributed by atoms with Crippen LogP contribution in [0.25, 0.3) is 0 Å². The van der Waals surface area contributed by atoms with Crippen LogP contribution in [0.1, 0.15) is 37.9 Å². The molecule has 0 amide bonds. The zero-order chi connectivity index (χ0) is 15.7. The molecule has 21 heavy (non-hydrogen) atoms. The Balaban J connectivity index is 2.54. The Hall–Kier alpha value is -0.900. The summed E-state index contributed by atoms with van der Waals surface area (Å²) in [7, 11) is 4.18. The summed E-state index contributed by atoms with van der Waals surface area (Å²) in [5.41, 5.74) is 2.78. The van der Waals surface area contributed by atoms with E-state index in [1.54, 1.807) is 0 Å². The largest absolute Gasteiger partial charge is 0.380 e. The van der Waals surface area contributed by atoms with Gasteiger partial charge in [0.2, 0.25) is 0 Å². The number of nitrogens with one attached hydrogen (secondary N) is 1. The van der Waals surface area contributed by atoms with Crippen LogP contribution in [0.15, 0.2) is 24.3 Å². The summed E-state index contributed by atoms with van der Waals surface area (Å²) in [6.45, 7) is 10.1. The van der Waals surface area contributed by atoms with E-state index in [1.165, 1.54) is 11.1 Å². The van der Waals surface area contributed by atoms with E-state index in [-0.39, 0.29) is 0 Å². The van der Waals surface area contributed by atoms with E-state index in [0.29, 0.717) is 12.0 Å². The molecule has 1 aromatic carbocycles. The van der Waals surface area contributed by atoms with Gasteiger partial charge >= 0.3 is 0 Å². The molecule has 0 saturated carbocycles. The molecule has 0 fully saturated rings. The molecule has 0 heterocycles. The first-order valence-electron chi connectivity index (χ1n) is 8.09. The summed E-state index contributed by atoms with van der Waals surface area (Å²) >= 11 is 0. The van der Waals surface area contributed by atoms with Gasteiger partial charge in [0.25, 0.3) is 0 Å². The van der Waals surface area contributed by atoms with Crippen LogP contribution in [0.2, 0.25) is 0 Å². The lowest BCUT2D eigenvalue weighted by Gasteiger charge is -2.24. The van der Waals surface area contributed by atoms with Crippen molar-refractivity contribution in [2.24, 2.45) is 5.92 Å². The van der Waals surface area contributed by atoms with E-state index in [2.05, 4.69) is 55.4 Å². The molecule has 1 atom stereocenters. The number of nitrogens with zero attached hydrogens (tertiary/aromatic N) is 1. The minimum Gasteiger partial charge on any atom is -0.380 e. The lowest BCUT2D eigenvalue weighted by atomic mass is 9.99. The summed E-state index contributed by atoms with van der Waals surface area (Å²) < 4.78 is 5.42. The Labute approximate surface area is 130 Å². The topological polar surface area (TPSA) is 24.5 Å². The molecular weight excluding hydrogens is 260 g/mol. The lowest BCUT2D eigenvalue weighted by molar-refractivity contribution is 0.119. The van der Waals surface area contributed by atoms with Crippen LogP contribution >= 0.6 is 0 Å². The average molecular weight is 292 g/mol. The van der Waals surface area contributed by atoms with Crippen molar-refractivity contribution in [3.05, 3.63) is 35.4 Å². The molecule has 3 nitrogen and oxygen atoms in total. The summed E-state index contributed by atoms with van der Waals surface area (Å²) in [6.07, 6.45) is 1.15. The fourth-order valence-electron chi connectivity index (χ4n) is 2.49. The molecule has 0 aliphatic carbocycles. The van der Waals surface area contributed by atoms with Gasteiger partial charge in [-0.3, -0.25) is 0 Å². The molecule has 0 saturated heterocycles. The number of likely N-dealkylation sites (N-methyl/N-ethyl adjacent to an activating group) is 2. The number of hydrogen-bond acceptors (Lipinski definition) is 3. The highest BCUT2D eigenvalue weighted by Crippen LogP contribution is 2.16. The second-order valence-electron chi connectivity index (χ2n) is 6.14. The van der Waals surface area contributed by atoms with Gasteiger partial charge in [0.1, 0.15) is 0 Å². The number of benzene rings is 1. The van der Waals surface area contributed by atoms with E-state index < -0.39 is 0 Å². The summed E-state index contributed by atoms with van der Waals surface area (Å²) in [5.74, 6) is 0.709. The van der Waals surface area contributed by atoms with Crippen LogP contribution in [0.3, 0.4) is 0 Å². The van der Waals surface area contributed by atoms with Gasteiger partial charge in [-0.25, -0.2) is 0 Å². The molecule has 0 aromatic heterocycles. The highest BCUT2D eigenvalue weighted by Gasteiger charge is 2.12. The maximum absolute atomic E-state index is 5.42. The van der Waals surface area contributed by atoms with Gasteiger partial charge in [-0.1, -0.05) is 38.1 Å². The third-order valence-electron chi connectivity index (χ3n) is 3.69. The Kier molecular flexibility index (Phi) is 8.58. The smallest absolute Gasteiger partial charge is 0.0593 e. The maximum atomic E-state index is 5.42. The van der Waals surface area contributed by atoms with Gasteiger partial charge in [-0.15, -0.1) is 0 Å². The molecule has 0 radical (unpaired) electrons. The number of rotatable bonds is 10. The van der Waals surface area contributed by atoms with E-state index in [4.69, 9.17) is 4.74 Å². The third kappa shape index (κ3) is 7.07. The Bertz CT molecular complexity index is 375. The fraction of sp³-hybridized carbons (Fsp3) is 0.667. The van der Waals surface area contributed by atoms with Gasteiger partial charge in [0.05, 0.1) is 6.61 Å². The minimum absolute atomic E-state index is 0.365. The minimum atomic E-state index is 0.365. The monoisotopic (exact) mass is 292 g/mol. The highest BCUT2D eigenvalue weighted by molar-refractivity contribution is 5.25. The summed E-state index contributed by atoms with van der Waals surface area (Å²) in [5, 5.41) is 3.42. The fourth-order valence-corrected chi connectivity index (χ4v) is 2.49. The Morgan fingerprint density at radius 3 is 2.38 bits per heavy atom. The van der Waals surface area contributed by atoms with Gasteiger partial charge in [0.15, 0.2) is 0 Å². The molecule has 120 valence electrons. The predicted molar refractivity (Wildman–Crippen MR) is 90.8 cm³/mol. The van der Waals surface area contributed by atoms with Crippen LogP contribution in [0.4, 0.5) is 0 Å². The van der Waals surface area contributed by atoms with Crippen molar-refractivity contribution in [1.82, 2.24) is 10.2 Å². The molecule has 0 bridgehead atoms. The predicted octanol–water partition coefficient (Wildman–Crippen LogP) is 3.11. The number of ether oxygens (including phenoxy) is 1. The Morgan fingerprint density at radius 2 is 1.86 bits per heavy atom. The standard InChI is InChI=1S/C18H32N2O/c1-6-21-12-11-20(5)14-18(19-4)17-9-7-16(8-10-17)13-15(2)3/h7-10,15,18-19H,6,11-14H2,1-5H3. The first-order chi connectivity index (χ1) is 10.1. The number of hydrogen-bond donors (Lipinski definition) is 1. The van der Waals surface area contributed by atoms with Crippen molar-refractivity contribution in [3.8, 4) is 0 Å². The van der Waals surface area contributed by atoms with Crippen molar-refractivity contribution in [1.29, 1.82) is 0 Å². The van der Waals surface area contributed by atoms with Crippen LogP contribution < -0.4 is 5.32 Å². The molecule has 1 unspecified atom stereocenters. The lowest BCUT2D eigenvalue weighted by Crippen LogP contribution is -2.33. The van der Waals surface area contributed by atoms with E-state index in [0.717, 1.165) is 32.7 Å². The first-order valence-corrected chi connectivity index (χ1v) is 8.09. The van der Waals surface area contributed by atoms with Crippen LogP contribution in [0.5, 0.6) is 0 Å². The van der Waals surface area contributed by atoms with E-state index in [9.17, 15) is 0 Å². The summed E-state index contributed by atoms with van der Waals surface area (Å²) in [6, 6.07) is 9.41. The normalized spacial score (nSPS) is 13.1. The zero-order valence-electron chi connectivity index (χ0n) is 14.4. The van der Waals surface area contributed by atoms with Crippen LogP contribution in [-0.4, -0.2) is 45.3 Å². The van der Waals surface area contributed by atoms with Gasteiger partial charge < -0.3 is 15.0 Å². The van der Waals surface area contributed by atoms with Gasteiger partial charge in [-0.05, 0) is 44.5 Å². The van der Waals surface area contributed by atoms with Gasteiger partial charge in [-0.2, -0.15) is 0 Å². The maximum Gasteiger partial charge on any atom is 0.0593 e. The highest BCUT2D eigenvalue weighted by atomic mass is 16.5. The molecule has 0 aliphatic heterocycles. The molecule has 3 heteroatoms. The van der Waals surface area contributed by atoms with Crippen LogP contribution in [0, 0.1) is 5.92 Å². The quantitative estimate of drug-likeness (QED) is 0.671. The van der Waals surface area contributed by atoms with Gasteiger partial charge in [0, 0.05) is 25.7 Å². The molecule has 1 aromatic rings. The van der Waals surface area contributed by atoms with Crippen molar-refractivity contribution in [2.75, 3.05) is 40.4 Å². The van der Waals surface area contributed by atoms with Crippen molar-refractivity contribution < 1.29 is 4.74 Å². The molecule has 0 aliphatic rings. The molecule has 1 N–H and O–H groups in total. The van der Waals surface area contributed by atoms with Crippen molar-refractivity contribution >= 4 is 0 Å².